The van der Waals surface area contributed by atoms with Gasteiger partial charge in [-0.25, -0.2) is 14.4 Å². The van der Waals surface area contributed by atoms with Crippen LogP contribution in [0.3, 0.4) is 0 Å². The van der Waals surface area contributed by atoms with Crippen LogP contribution in [0.25, 0.3) is 0 Å². The van der Waals surface area contributed by atoms with Crippen molar-refractivity contribution in [1.29, 1.82) is 0 Å². The standard InChI is InChI=1S/C24H26O8S.C18H18O4S.C3H4O2/c1-3-23(27)31-15-17(25)13-29-19-5-9-21(10-6-19)33-22-11-7-20(8-12-22)30-14-18(26)16-32-24(28)4-2;1-5-17(6-2-13(1)19-9-15-11-21-15)23-18-7-3-14(4-8-18)20-10-16-12-22-16;1-2-3(4)5/h3-12,17-18,25-26H,1-2,13-16H2;1-8,15-16H,9-12H2;2H,1H2,(H,4,5). The molecule has 4 atom stereocenters. The maximum atomic E-state index is 11.0. The van der Waals surface area contributed by atoms with Gasteiger partial charge in [-0.2, -0.15) is 0 Å². The predicted octanol–water partition coefficient (Wildman–Crippen LogP) is 6.43. The fraction of sp³-hybridized carbons (Fsp3) is 0.267. The smallest absolute Gasteiger partial charge is 0.330 e. The molecule has 3 N–H and O–H groups in total. The van der Waals surface area contributed by atoms with Crippen molar-refractivity contribution >= 4 is 41.4 Å². The van der Waals surface area contributed by atoms with Crippen molar-refractivity contribution in [3.63, 3.8) is 0 Å². The number of carboxylic acid groups (broad SMARTS) is 1. The summed E-state index contributed by atoms with van der Waals surface area (Å²) in [5.74, 6) is 0.749. The normalized spacial score (nSPS) is 15.3. The van der Waals surface area contributed by atoms with Gasteiger partial charge in [-0.15, -0.1) is 0 Å². The molecule has 0 aliphatic carbocycles. The Hall–Kier alpha value is -5.75. The topological polar surface area (TPSA) is 192 Å². The molecule has 2 heterocycles. The number of carbonyl (C=O) groups excluding carboxylic acids is 2. The molecule has 0 saturated carbocycles. The summed E-state index contributed by atoms with van der Waals surface area (Å²) >= 11 is 3.26. The second kappa shape index (κ2) is 26.5. The molecular weight excluding hydrogens is 829 g/mol. The van der Waals surface area contributed by atoms with Gasteiger partial charge in [0.1, 0.15) is 87.1 Å². The molecule has 16 heteroatoms. The summed E-state index contributed by atoms with van der Waals surface area (Å²) in [5.41, 5.74) is 0. The number of carbonyl (C=O) groups is 3. The van der Waals surface area contributed by atoms with Gasteiger partial charge in [0.2, 0.25) is 0 Å². The summed E-state index contributed by atoms with van der Waals surface area (Å²) in [6.45, 7) is 12.1. The Morgan fingerprint density at radius 1 is 0.541 bits per heavy atom. The van der Waals surface area contributed by atoms with Crippen LogP contribution in [0.4, 0.5) is 0 Å². The molecule has 4 aromatic rings. The van der Waals surface area contributed by atoms with Crippen LogP contribution in [-0.2, 0) is 33.3 Å². The Kier molecular flexibility index (Phi) is 20.8. The lowest BCUT2D eigenvalue weighted by atomic mass is 10.3. The number of epoxide rings is 2. The number of hydrogen-bond acceptors (Lipinski definition) is 15. The average Bonchev–Trinajstić information content (AvgIpc) is 4.24. The van der Waals surface area contributed by atoms with Crippen molar-refractivity contribution in [2.75, 3.05) is 52.9 Å². The number of hydrogen-bond donors (Lipinski definition) is 3. The van der Waals surface area contributed by atoms with Crippen LogP contribution < -0.4 is 18.9 Å². The zero-order valence-corrected chi connectivity index (χ0v) is 34.8. The molecule has 0 spiro atoms. The second-order valence-electron chi connectivity index (χ2n) is 12.8. The summed E-state index contributed by atoms with van der Waals surface area (Å²) in [7, 11) is 0. The van der Waals surface area contributed by atoms with Gasteiger partial charge in [0.05, 0.1) is 13.2 Å². The van der Waals surface area contributed by atoms with E-state index in [1.165, 1.54) is 21.6 Å². The first kappa shape index (κ1) is 47.9. The summed E-state index contributed by atoms with van der Waals surface area (Å²) < 4.78 is 42.0. The van der Waals surface area contributed by atoms with Crippen molar-refractivity contribution in [3.05, 3.63) is 135 Å². The third-order valence-corrected chi connectivity index (χ3v) is 9.70. The minimum Gasteiger partial charge on any atom is -0.491 e. The molecule has 2 aliphatic heterocycles. The summed E-state index contributed by atoms with van der Waals surface area (Å²) in [4.78, 5) is 35.5. The third-order valence-electron chi connectivity index (χ3n) is 7.67. The van der Waals surface area contributed by atoms with E-state index in [4.69, 9.17) is 43.0 Å². The SMILES string of the molecule is C=CC(=O)O.C=CC(=O)OCC(O)COc1ccc(Sc2ccc(OCC(O)COC(=O)C=C)cc2)cc1.c1cc(Sc2ccc(OCC3CO3)cc2)ccc1OCC1CO1. The number of aliphatic hydroxyl groups excluding tert-OH is 2. The lowest BCUT2D eigenvalue weighted by molar-refractivity contribution is -0.142. The monoisotopic (exact) mass is 876 g/mol. The molecule has 0 aromatic heterocycles. The Labute approximate surface area is 362 Å². The highest BCUT2D eigenvalue weighted by molar-refractivity contribution is 7.99. The summed E-state index contributed by atoms with van der Waals surface area (Å²) in [6.07, 6.45) is 1.59. The van der Waals surface area contributed by atoms with Crippen LogP contribution in [0.15, 0.2) is 155 Å². The highest BCUT2D eigenvalue weighted by atomic mass is 32.2. The fourth-order valence-electron chi connectivity index (χ4n) is 4.35. The van der Waals surface area contributed by atoms with Crippen molar-refractivity contribution in [3.8, 4) is 23.0 Å². The fourth-order valence-corrected chi connectivity index (χ4v) is 5.98. The molecule has 0 radical (unpaired) electrons. The number of aliphatic carboxylic acids is 1. The summed E-state index contributed by atoms with van der Waals surface area (Å²) in [5, 5.41) is 27.1. The molecule has 2 fully saturated rings. The highest BCUT2D eigenvalue weighted by Gasteiger charge is 2.23. The predicted molar refractivity (Wildman–Crippen MR) is 228 cm³/mol. The van der Waals surface area contributed by atoms with E-state index in [0.29, 0.717) is 24.7 Å². The van der Waals surface area contributed by atoms with Gasteiger partial charge in [0, 0.05) is 37.8 Å². The zero-order chi connectivity index (χ0) is 43.8. The van der Waals surface area contributed by atoms with Gasteiger partial charge in [-0.1, -0.05) is 43.3 Å². The van der Waals surface area contributed by atoms with Gasteiger partial charge in [-0.3, -0.25) is 0 Å². The van der Waals surface area contributed by atoms with E-state index in [0.717, 1.165) is 52.7 Å². The molecule has 6 rings (SSSR count). The molecule has 4 aromatic carbocycles. The van der Waals surface area contributed by atoms with E-state index < -0.39 is 30.1 Å². The first-order valence-electron chi connectivity index (χ1n) is 18.8. The van der Waals surface area contributed by atoms with Gasteiger partial charge in [0.25, 0.3) is 0 Å². The first-order valence-corrected chi connectivity index (χ1v) is 20.4. The van der Waals surface area contributed by atoms with E-state index in [1.807, 2.05) is 48.5 Å². The number of carboxylic acids is 1. The number of ether oxygens (including phenoxy) is 8. The molecule has 14 nitrogen and oxygen atoms in total. The van der Waals surface area contributed by atoms with Crippen LogP contribution >= 0.6 is 23.5 Å². The van der Waals surface area contributed by atoms with Crippen LogP contribution in [0.5, 0.6) is 23.0 Å². The molecule has 0 bridgehead atoms. The van der Waals surface area contributed by atoms with E-state index in [9.17, 15) is 24.6 Å². The molecule has 2 aliphatic rings. The molecule has 2 saturated heterocycles. The molecule has 324 valence electrons. The average molecular weight is 877 g/mol. The van der Waals surface area contributed by atoms with Gasteiger partial charge >= 0.3 is 17.9 Å². The Morgan fingerprint density at radius 2 is 0.820 bits per heavy atom. The van der Waals surface area contributed by atoms with Crippen LogP contribution in [0.1, 0.15) is 0 Å². The van der Waals surface area contributed by atoms with Crippen molar-refractivity contribution in [1.82, 2.24) is 0 Å². The first-order chi connectivity index (χ1) is 29.5. The lowest BCUT2D eigenvalue weighted by Crippen LogP contribution is -2.24. The quantitative estimate of drug-likeness (QED) is 0.0419. The molecular formula is C45H48O14S2. The zero-order valence-electron chi connectivity index (χ0n) is 33.2. The van der Waals surface area contributed by atoms with E-state index in [2.05, 4.69) is 44.0 Å². The van der Waals surface area contributed by atoms with Gasteiger partial charge < -0.3 is 53.2 Å². The lowest BCUT2D eigenvalue weighted by Gasteiger charge is -2.13. The molecule has 61 heavy (non-hydrogen) atoms. The third kappa shape index (κ3) is 20.9. The Bertz CT molecular complexity index is 1830. The van der Waals surface area contributed by atoms with Crippen molar-refractivity contribution < 1.29 is 67.6 Å². The molecule has 4 unspecified atom stereocenters. The maximum Gasteiger partial charge on any atom is 0.330 e. The van der Waals surface area contributed by atoms with Crippen LogP contribution in [0.2, 0.25) is 0 Å². The number of esters is 2. The van der Waals surface area contributed by atoms with E-state index in [1.54, 1.807) is 36.0 Å². The van der Waals surface area contributed by atoms with Crippen molar-refractivity contribution in [2.24, 2.45) is 0 Å². The van der Waals surface area contributed by atoms with Crippen LogP contribution in [0, 0.1) is 0 Å². The summed E-state index contributed by atoms with van der Waals surface area (Å²) in [6, 6.07) is 30.9. The van der Waals surface area contributed by atoms with Crippen molar-refractivity contribution in [2.45, 2.75) is 44.0 Å². The van der Waals surface area contributed by atoms with Gasteiger partial charge in [0.15, 0.2) is 0 Å². The molecule has 0 amide bonds. The maximum absolute atomic E-state index is 11.0. The Morgan fingerprint density at radius 3 is 1.07 bits per heavy atom. The number of aliphatic hydroxyl groups is 2. The van der Waals surface area contributed by atoms with Gasteiger partial charge in [-0.05, 0) is 97.1 Å². The Balaban J connectivity index is 0.000000252. The van der Waals surface area contributed by atoms with E-state index >= 15 is 0 Å². The van der Waals surface area contributed by atoms with E-state index in [-0.39, 0.29) is 38.6 Å². The number of rotatable bonds is 23. The highest BCUT2D eigenvalue weighted by Crippen LogP contribution is 2.32. The van der Waals surface area contributed by atoms with Crippen LogP contribution in [-0.4, -0.2) is 110 Å². The minimum atomic E-state index is -0.981. The second-order valence-corrected chi connectivity index (χ2v) is 15.1. The minimum absolute atomic E-state index is 0.0102. The number of benzene rings is 4. The largest absolute Gasteiger partial charge is 0.491 e.